The number of hydrogen-bond donors (Lipinski definition) is 2. The highest BCUT2D eigenvalue weighted by Crippen LogP contribution is 2.39. The van der Waals surface area contributed by atoms with Crippen molar-refractivity contribution in [3.8, 4) is 22.4 Å². The van der Waals surface area contributed by atoms with Gasteiger partial charge in [0.25, 0.3) is 5.91 Å². The van der Waals surface area contributed by atoms with E-state index in [9.17, 15) is 19.5 Å². The summed E-state index contributed by atoms with van der Waals surface area (Å²) in [6.45, 7) is 4.59. The van der Waals surface area contributed by atoms with Gasteiger partial charge in [0.2, 0.25) is 5.82 Å². The third kappa shape index (κ3) is 5.02. The Balaban J connectivity index is 1.47. The van der Waals surface area contributed by atoms with Gasteiger partial charge in [-0.1, -0.05) is 17.4 Å². The van der Waals surface area contributed by atoms with Gasteiger partial charge in [0.15, 0.2) is 5.13 Å². The van der Waals surface area contributed by atoms with Gasteiger partial charge in [-0.05, 0) is 56.5 Å². The summed E-state index contributed by atoms with van der Waals surface area (Å²) in [5, 5.41) is 9.94. The average molecular weight is 546 g/mol. The maximum atomic E-state index is 13.0. The Labute approximate surface area is 228 Å². The Bertz CT molecular complexity index is 1550. The number of nitrogens with two attached hydrogens (primary N) is 1. The van der Waals surface area contributed by atoms with Gasteiger partial charge in [0, 0.05) is 49.4 Å². The molecule has 3 N–H and O–H groups in total. The van der Waals surface area contributed by atoms with E-state index >= 15 is 0 Å². The number of benzene rings is 1. The first-order valence-corrected chi connectivity index (χ1v) is 13.3. The molecule has 0 aliphatic carbocycles. The van der Waals surface area contributed by atoms with E-state index in [0.29, 0.717) is 48.7 Å². The zero-order valence-corrected chi connectivity index (χ0v) is 22.3. The summed E-state index contributed by atoms with van der Waals surface area (Å²) in [6.07, 6.45) is 5.64. The van der Waals surface area contributed by atoms with Crippen LogP contribution in [0.15, 0.2) is 48.9 Å². The van der Waals surface area contributed by atoms with Gasteiger partial charge in [-0.25, -0.2) is 19.7 Å². The molecule has 12 heteroatoms. The number of hydrogen-bond acceptors (Lipinski definition) is 8. The number of likely N-dealkylation sites (tertiary alicyclic amines) is 1. The van der Waals surface area contributed by atoms with E-state index in [1.807, 2.05) is 37.3 Å². The number of nitrogens with zero attached hydrogens (tertiary/aromatic N) is 6. The number of carboxylic acids is 1. The molecular formula is C27H27N7O4S. The molecule has 1 saturated heterocycles. The molecule has 0 radical (unpaired) electrons. The number of carbonyl (C=O) groups excluding carboxylic acids is 2. The van der Waals surface area contributed by atoms with Crippen molar-refractivity contribution in [2.24, 2.45) is 11.1 Å². The number of thiazole rings is 1. The van der Waals surface area contributed by atoms with Crippen molar-refractivity contribution in [1.29, 1.82) is 0 Å². The van der Waals surface area contributed by atoms with E-state index in [-0.39, 0.29) is 11.7 Å². The third-order valence-electron chi connectivity index (χ3n) is 7.08. The molecule has 4 aromatic rings. The first-order chi connectivity index (χ1) is 18.7. The summed E-state index contributed by atoms with van der Waals surface area (Å²) in [7, 11) is 0. The monoisotopic (exact) mass is 545 g/mol. The Hall–Kier alpha value is -4.45. The fourth-order valence-electron chi connectivity index (χ4n) is 4.55. The zero-order chi connectivity index (χ0) is 27.7. The molecule has 0 atom stereocenters. The summed E-state index contributed by atoms with van der Waals surface area (Å²) in [6, 6.07) is 8.90. The van der Waals surface area contributed by atoms with Crippen LogP contribution in [0.25, 0.3) is 32.6 Å². The molecule has 1 aliphatic heterocycles. The van der Waals surface area contributed by atoms with E-state index in [0.717, 1.165) is 21.5 Å². The number of anilines is 1. The lowest BCUT2D eigenvalue weighted by Crippen LogP contribution is -2.45. The van der Waals surface area contributed by atoms with Crippen molar-refractivity contribution in [3.05, 3.63) is 54.7 Å². The molecule has 1 aromatic carbocycles. The minimum Gasteiger partial charge on any atom is -0.481 e. The van der Waals surface area contributed by atoms with E-state index < -0.39 is 17.4 Å². The number of carbonyl (C=O) groups is 3. The Morgan fingerprint density at radius 1 is 1.10 bits per heavy atom. The van der Waals surface area contributed by atoms with Crippen LogP contribution in [0.2, 0.25) is 0 Å². The Morgan fingerprint density at radius 3 is 2.41 bits per heavy atom. The molecule has 0 saturated carbocycles. The number of primary amides is 1. The molecule has 3 amide bonds. The molecule has 39 heavy (non-hydrogen) atoms. The van der Waals surface area contributed by atoms with Crippen molar-refractivity contribution in [2.75, 3.05) is 24.5 Å². The van der Waals surface area contributed by atoms with Gasteiger partial charge in [0.1, 0.15) is 0 Å². The van der Waals surface area contributed by atoms with E-state index in [1.54, 1.807) is 30.4 Å². The minimum atomic E-state index is -0.846. The van der Waals surface area contributed by atoms with Crippen LogP contribution in [0.5, 0.6) is 0 Å². The van der Waals surface area contributed by atoms with Crippen molar-refractivity contribution >= 4 is 44.6 Å². The van der Waals surface area contributed by atoms with Crippen LogP contribution in [0, 0.1) is 5.41 Å². The zero-order valence-electron chi connectivity index (χ0n) is 21.5. The van der Waals surface area contributed by atoms with E-state index in [4.69, 9.17) is 5.73 Å². The van der Waals surface area contributed by atoms with Crippen LogP contribution >= 0.6 is 11.3 Å². The first kappa shape index (κ1) is 26.2. The highest BCUT2D eigenvalue weighted by Gasteiger charge is 2.38. The van der Waals surface area contributed by atoms with Crippen molar-refractivity contribution in [1.82, 2.24) is 24.8 Å². The number of aliphatic carboxylic acids is 1. The van der Waals surface area contributed by atoms with Crippen LogP contribution in [-0.4, -0.2) is 67.5 Å². The van der Waals surface area contributed by atoms with Crippen LogP contribution in [-0.2, 0) is 4.79 Å². The fourth-order valence-corrected chi connectivity index (χ4v) is 5.69. The number of fused-ring (bicyclic) bond motifs is 1. The molecular weight excluding hydrogens is 518 g/mol. The summed E-state index contributed by atoms with van der Waals surface area (Å²) in [4.78, 5) is 57.3. The molecule has 1 aliphatic rings. The summed E-state index contributed by atoms with van der Waals surface area (Å²) < 4.78 is 0.860. The van der Waals surface area contributed by atoms with Crippen LogP contribution in [0.1, 0.15) is 37.3 Å². The largest absolute Gasteiger partial charge is 0.481 e. The van der Waals surface area contributed by atoms with Gasteiger partial charge in [-0.15, -0.1) is 0 Å². The van der Waals surface area contributed by atoms with E-state index in [1.165, 1.54) is 16.2 Å². The first-order valence-electron chi connectivity index (χ1n) is 12.5. The van der Waals surface area contributed by atoms with Gasteiger partial charge in [-0.3, -0.25) is 19.5 Å². The third-order valence-corrected chi connectivity index (χ3v) is 8.21. The van der Waals surface area contributed by atoms with Crippen LogP contribution in [0.4, 0.5) is 9.93 Å². The quantitative estimate of drug-likeness (QED) is 0.368. The molecule has 0 unspecified atom stereocenters. The van der Waals surface area contributed by atoms with Crippen molar-refractivity contribution < 1.29 is 19.5 Å². The Kier molecular flexibility index (Phi) is 6.96. The lowest BCUT2D eigenvalue weighted by molar-refractivity contribution is -0.150. The van der Waals surface area contributed by atoms with Gasteiger partial charge >= 0.3 is 12.0 Å². The molecule has 0 bridgehead atoms. The maximum Gasteiger partial charge on any atom is 0.321 e. The van der Waals surface area contributed by atoms with E-state index in [2.05, 4.69) is 19.9 Å². The predicted octanol–water partition coefficient (Wildman–Crippen LogP) is 4.05. The van der Waals surface area contributed by atoms with Crippen LogP contribution in [0.3, 0.4) is 0 Å². The van der Waals surface area contributed by atoms with Gasteiger partial charge in [0.05, 0.1) is 21.3 Å². The minimum absolute atomic E-state index is 0.0553. The molecule has 11 nitrogen and oxygen atoms in total. The smallest absolute Gasteiger partial charge is 0.321 e. The molecule has 5 rings (SSSR count). The number of aromatic nitrogens is 4. The van der Waals surface area contributed by atoms with Crippen molar-refractivity contribution in [2.45, 2.75) is 26.7 Å². The second-order valence-corrected chi connectivity index (χ2v) is 10.6. The molecule has 0 spiro atoms. The molecule has 1 fully saturated rings. The predicted molar refractivity (Wildman–Crippen MR) is 147 cm³/mol. The molecule has 200 valence electrons. The summed E-state index contributed by atoms with van der Waals surface area (Å²) >= 11 is 1.36. The lowest BCUT2D eigenvalue weighted by atomic mass is 9.80. The van der Waals surface area contributed by atoms with Crippen molar-refractivity contribution in [3.63, 3.8) is 0 Å². The maximum absolute atomic E-state index is 13.0. The second kappa shape index (κ2) is 10.4. The van der Waals surface area contributed by atoms with Gasteiger partial charge < -0.3 is 15.7 Å². The average Bonchev–Trinajstić information content (AvgIpc) is 3.37. The van der Waals surface area contributed by atoms with Crippen LogP contribution < -0.4 is 10.6 Å². The fraction of sp³-hybridized carbons (Fsp3) is 0.296. The molecule has 4 heterocycles. The summed E-state index contributed by atoms with van der Waals surface area (Å²) in [5.41, 5.74) is 8.43. The topological polar surface area (TPSA) is 156 Å². The Morgan fingerprint density at radius 2 is 1.82 bits per heavy atom. The normalized spacial score (nSPS) is 14.8. The standard InChI is InChI=1S/C27H27N7O4S/c1-3-34(25(28)38)26-32-20-13-16(12-18(21(20)39-26)19-6-4-5-9-29-19)17-14-30-22(31-15-17)23(35)33-10-7-27(2,8-11-33)24(36)37/h4-6,9,12-15H,3,7-8,10-11H2,1-2H3,(H2,28,38)(H,36,37). The number of carboxylic acid groups (broad SMARTS) is 1. The number of amides is 3. The summed E-state index contributed by atoms with van der Waals surface area (Å²) in [5.74, 6) is -1.12. The van der Waals surface area contributed by atoms with Gasteiger partial charge in [-0.2, -0.15) is 0 Å². The molecule has 3 aromatic heterocycles. The lowest BCUT2D eigenvalue weighted by Gasteiger charge is -2.36. The number of piperidine rings is 1. The highest BCUT2D eigenvalue weighted by atomic mass is 32.1. The number of pyridine rings is 1. The highest BCUT2D eigenvalue weighted by molar-refractivity contribution is 7.23. The number of rotatable bonds is 6. The second-order valence-electron chi connectivity index (χ2n) is 9.62. The SMILES string of the molecule is CCN(C(N)=O)c1nc2cc(-c3cnc(C(=O)N4CCC(C)(C(=O)O)CC4)nc3)cc(-c3ccccn3)c2s1. The number of urea groups is 1.